The van der Waals surface area contributed by atoms with Gasteiger partial charge in [-0.1, -0.05) is 12.1 Å². The largest absolute Gasteiger partial charge is 0.381 e. The molecular formula is C44H46N8O4S. The van der Waals surface area contributed by atoms with E-state index in [1.54, 1.807) is 4.90 Å². The van der Waals surface area contributed by atoms with Gasteiger partial charge in [-0.05, 0) is 92.3 Å². The number of imide groups is 1. The van der Waals surface area contributed by atoms with Crippen LogP contribution in [0.3, 0.4) is 0 Å². The van der Waals surface area contributed by atoms with Gasteiger partial charge in [0.2, 0.25) is 11.8 Å². The zero-order chi connectivity index (χ0) is 38.8. The second-order valence-electron chi connectivity index (χ2n) is 16.3. The first kappa shape index (κ1) is 35.9. The van der Waals surface area contributed by atoms with Crippen LogP contribution in [0.1, 0.15) is 58.2 Å². The number of carbonyl (C=O) groups excluding carboxylic acids is 4. The van der Waals surface area contributed by atoms with E-state index in [0.717, 1.165) is 113 Å². The van der Waals surface area contributed by atoms with Crippen LogP contribution in [0.25, 0.3) is 32.2 Å². The molecule has 0 spiro atoms. The third-order valence-electron chi connectivity index (χ3n) is 12.6. The Labute approximate surface area is 335 Å². The number of thiophene rings is 1. The van der Waals surface area contributed by atoms with E-state index in [2.05, 4.69) is 85.2 Å². The number of piperazine rings is 1. The molecule has 0 saturated carbocycles. The van der Waals surface area contributed by atoms with Crippen molar-refractivity contribution in [1.82, 2.24) is 25.4 Å². The van der Waals surface area contributed by atoms with Crippen LogP contribution in [-0.2, 0) is 16.1 Å². The van der Waals surface area contributed by atoms with E-state index in [9.17, 15) is 19.2 Å². The summed E-state index contributed by atoms with van der Waals surface area (Å²) in [6.07, 6.45) is 2.91. The number of fused-ring (bicyclic) bond motifs is 6. The van der Waals surface area contributed by atoms with Crippen molar-refractivity contribution in [2.75, 3.05) is 67.5 Å². The molecule has 292 valence electrons. The van der Waals surface area contributed by atoms with Gasteiger partial charge in [-0.25, -0.2) is 4.98 Å². The lowest BCUT2D eigenvalue weighted by molar-refractivity contribution is -0.136. The van der Waals surface area contributed by atoms with Gasteiger partial charge in [-0.3, -0.25) is 29.4 Å². The molecule has 0 bridgehead atoms. The molecule has 3 aromatic carbocycles. The molecule has 5 aromatic rings. The minimum atomic E-state index is -0.589. The summed E-state index contributed by atoms with van der Waals surface area (Å²) in [4.78, 5) is 65.1. The highest BCUT2D eigenvalue weighted by atomic mass is 32.1. The molecule has 12 nitrogen and oxygen atoms in total. The molecule has 7 heterocycles. The number of pyridine rings is 1. The standard InChI is InChI=1S/C44H46N8O4S/c1-26-23-45-40-39-33-8-9-34(47-35(33)10-12-37(39)57-41(40)43(55)46-26)28-2-4-30(5-3-28)51-20-18-49(19-21-51)24-27-14-16-50(17-15-27)31-6-7-32-29(22-31)25-52(44(32)56)36-11-13-38(53)48-42(36)54/h2-10,12,22,26-27,36,45H,11,13-21,23-25H2,1H3,(H,46,55)(H,48,53,54)/t26-,36?/m1/s1. The number of anilines is 3. The number of carbonyl (C=O) groups is 4. The Kier molecular flexibility index (Phi) is 9.09. The average molecular weight is 783 g/mol. The first-order valence-electron chi connectivity index (χ1n) is 20.3. The van der Waals surface area contributed by atoms with Crippen molar-refractivity contribution in [2.45, 2.75) is 51.2 Å². The maximum absolute atomic E-state index is 13.1. The summed E-state index contributed by atoms with van der Waals surface area (Å²) < 4.78 is 1.09. The van der Waals surface area contributed by atoms with E-state index in [1.165, 1.54) is 17.0 Å². The number of aromatic nitrogens is 1. The van der Waals surface area contributed by atoms with Crippen molar-refractivity contribution in [3.05, 3.63) is 82.7 Å². The van der Waals surface area contributed by atoms with Gasteiger partial charge >= 0.3 is 0 Å². The summed E-state index contributed by atoms with van der Waals surface area (Å²) in [5.41, 5.74) is 7.87. The maximum Gasteiger partial charge on any atom is 0.263 e. The second kappa shape index (κ2) is 14.4. The summed E-state index contributed by atoms with van der Waals surface area (Å²) in [6, 6.07) is 22.8. The number of benzene rings is 3. The van der Waals surface area contributed by atoms with E-state index in [-0.39, 0.29) is 36.1 Å². The predicted molar refractivity (Wildman–Crippen MR) is 224 cm³/mol. The normalized spacial score (nSPS) is 22.0. The van der Waals surface area contributed by atoms with E-state index < -0.39 is 6.04 Å². The summed E-state index contributed by atoms with van der Waals surface area (Å²) in [7, 11) is 0. The second-order valence-corrected chi connectivity index (χ2v) is 17.3. The summed E-state index contributed by atoms with van der Waals surface area (Å²) in [5.74, 6) is -0.125. The van der Waals surface area contributed by atoms with Crippen LogP contribution in [-0.4, -0.2) is 103 Å². The van der Waals surface area contributed by atoms with Gasteiger partial charge in [0, 0.05) is 109 Å². The van der Waals surface area contributed by atoms with Gasteiger partial charge in [0.05, 0.1) is 16.9 Å². The third kappa shape index (κ3) is 6.66. The van der Waals surface area contributed by atoms with Crippen LogP contribution < -0.4 is 25.8 Å². The molecule has 13 heteroatoms. The van der Waals surface area contributed by atoms with Crippen molar-refractivity contribution >= 4 is 73.0 Å². The molecule has 5 aliphatic heterocycles. The lowest BCUT2D eigenvalue weighted by atomic mass is 9.95. The summed E-state index contributed by atoms with van der Waals surface area (Å²) >= 11 is 1.53. The Balaban J connectivity index is 0.724. The van der Waals surface area contributed by atoms with Crippen molar-refractivity contribution in [3.8, 4) is 11.3 Å². The molecule has 3 saturated heterocycles. The fourth-order valence-electron chi connectivity index (χ4n) is 9.41. The van der Waals surface area contributed by atoms with Gasteiger partial charge in [0.15, 0.2) is 0 Å². The predicted octanol–water partition coefficient (Wildman–Crippen LogP) is 5.46. The monoisotopic (exact) mass is 782 g/mol. The Hall–Kier alpha value is -5.53. The summed E-state index contributed by atoms with van der Waals surface area (Å²) in [6.45, 7) is 10.3. The molecule has 3 N–H and O–H groups in total. The molecule has 0 radical (unpaired) electrons. The lowest BCUT2D eigenvalue weighted by Gasteiger charge is -2.40. The van der Waals surface area contributed by atoms with Crippen LogP contribution in [0.15, 0.2) is 66.7 Å². The highest BCUT2D eigenvalue weighted by Gasteiger charge is 2.39. The van der Waals surface area contributed by atoms with Crippen LogP contribution in [0.2, 0.25) is 0 Å². The molecule has 2 aromatic heterocycles. The van der Waals surface area contributed by atoms with Gasteiger partial charge in [-0.2, -0.15) is 0 Å². The molecule has 10 rings (SSSR count). The SMILES string of the molecule is C[C@@H]1CNc2c(sc3ccc4nc(-c5ccc(N6CCN(CC7CCN(c8ccc9c(c8)CN(C8CCC(=O)NC8=O)C9=O)CC7)CC6)cc5)ccc4c23)C(=O)N1. The molecule has 2 atom stereocenters. The van der Waals surface area contributed by atoms with Gasteiger partial charge in [0.25, 0.3) is 11.8 Å². The molecule has 57 heavy (non-hydrogen) atoms. The minimum absolute atomic E-state index is 0.0159. The molecule has 5 aliphatic rings. The Morgan fingerprint density at radius 2 is 1.60 bits per heavy atom. The Morgan fingerprint density at radius 1 is 0.825 bits per heavy atom. The number of hydrogen-bond acceptors (Lipinski definition) is 10. The Bertz CT molecular complexity index is 2430. The average Bonchev–Trinajstić information content (AvgIpc) is 3.73. The molecular weight excluding hydrogens is 737 g/mol. The van der Waals surface area contributed by atoms with E-state index in [4.69, 9.17) is 4.98 Å². The Morgan fingerprint density at radius 3 is 2.39 bits per heavy atom. The van der Waals surface area contributed by atoms with Crippen molar-refractivity contribution in [2.24, 2.45) is 5.92 Å². The lowest BCUT2D eigenvalue weighted by Crippen LogP contribution is -2.52. The summed E-state index contributed by atoms with van der Waals surface area (Å²) in [5, 5.41) is 11.1. The van der Waals surface area contributed by atoms with Crippen LogP contribution in [0, 0.1) is 5.92 Å². The smallest absolute Gasteiger partial charge is 0.263 e. The zero-order valence-electron chi connectivity index (χ0n) is 32.1. The number of rotatable bonds is 6. The molecule has 1 unspecified atom stereocenters. The van der Waals surface area contributed by atoms with Gasteiger partial charge in [0.1, 0.15) is 10.9 Å². The van der Waals surface area contributed by atoms with Crippen molar-refractivity contribution < 1.29 is 19.2 Å². The number of piperidine rings is 2. The fourth-order valence-corrected chi connectivity index (χ4v) is 10.5. The topological polar surface area (TPSA) is 130 Å². The molecule has 0 aliphatic carbocycles. The first-order chi connectivity index (χ1) is 27.8. The molecule has 3 fully saturated rings. The fraction of sp³-hybridized carbons (Fsp3) is 0.386. The highest BCUT2D eigenvalue weighted by molar-refractivity contribution is 7.21. The van der Waals surface area contributed by atoms with Crippen molar-refractivity contribution in [3.63, 3.8) is 0 Å². The minimum Gasteiger partial charge on any atom is -0.381 e. The zero-order valence-corrected chi connectivity index (χ0v) is 32.9. The number of nitrogens with one attached hydrogen (secondary N) is 3. The van der Waals surface area contributed by atoms with Crippen LogP contribution in [0.5, 0.6) is 0 Å². The van der Waals surface area contributed by atoms with Gasteiger partial charge in [-0.15, -0.1) is 11.3 Å². The van der Waals surface area contributed by atoms with Crippen LogP contribution in [0.4, 0.5) is 17.1 Å². The maximum atomic E-state index is 13.1. The van der Waals surface area contributed by atoms with E-state index in [1.807, 2.05) is 19.1 Å². The number of hydrogen-bond donors (Lipinski definition) is 3. The highest BCUT2D eigenvalue weighted by Crippen LogP contribution is 2.41. The van der Waals surface area contributed by atoms with Crippen LogP contribution >= 0.6 is 11.3 Å². The molecule has 4 amide bonds. The first-order valence-corrected chi connectivity index (χ1v) is 21.1. The van der Waals surface area contributed by atoms with Crippen molar-refractivity contribution in [1.29, 1.82) is 0 Å². The van der Waals surface area contributed by atoms with E-state index in [0.29, 0.717) is 31.0 Å². The van der Waals surface area contributed by atoms with Gasteiger partial charge < -0.3 is 25.3 Å². The quantitative estimate of drug-likeness (QED) is 0.193. The third-order valence-corrected chi connectivity index (χ3v) is 13.7. The number of amides is 4. The number of nitrogens with zero attached hydrogens (tertiary/aromatic N) is 5. The van der Waals surface area contributed by atoms with E-state index >= 15 is 0 Å².